The average Bonchev–Trinajstić information content (AvgIpc) is 3.07. The van der Waals surface area contributed by atoms with Gasteiger partial charge in [-0.05, 0) is 72.9 Å². The molecule has 2 amide bonds. The standard InChI is InChI=1S/C22H32N4O4/c1-21(2,3)29-19(27)25-13-8-7-9-18(25)26(20(28)30-22(4,5)6)16-10-11-17-23-12-14-24(17)15-16/h10-12,14-15,18H,7-9,13H2,1-6H3. The van der Waals surface area contributed by atoms with Gasteiger partial charge in [-0.3, -0.25) is 9.80 Å². The summed E-state index contributed by atoms with van der Waals surface area (Å²) >= 11 is 0. The number of nitrogens with zero attached hydrogens (tertiary/aromatic N) is 4. The Balaban J connectivity index is 2.00. The van der Waals surface area contributed by atoms with E-state index in [0.717, 1.165) is 18.5 Å². The highest BCUT2D eigenvalue weighted by Gasteiger charge is 2.39. The molecule has 3 rings (SSSR count). The van der Waals surface area contributed by atoms with Gasteiger partial charge in [-0.1, -0.05) is 0 Å². The molecule has 0 spiro atoms. The van der Waals surface area contributed by atoms with Crippen molar-refractivity contribution in [1.29, 1.82) is 0 Å². The van der Waals surface area contributed by atoms with E-state index in [2.05, 4.69) is 4.98 Å². The minimum atomic E-state index is -0.667. The maximum atomic E-state index is 13.3. The molecule has 1 aliphatic heterocycles. The number of rotatable bonds is 2. The van der Waals surface area contributed by atoms with E-state index < -0.39 is 29.6 Å². The molecule has 1 unspecified atom stereocenters. The molecule has 164 valence electrons. The van der Waals surface area contributed by atoms with Crippen molar-refractivity contribution in [2.75, 3.05) is 11.4 Å². The number of carbonyl (C=O) groups excluding carboxylic acids is 2. The number of aromatic nitrogens is 2. The maximum Gasteiger partial charge on any atom is 0.416 e. The number of carbonyl (C=O) groups is 2. The maximum absolute atomic E-state index is 13.3. The van der Waals surface area contributed by atoms with Crippen LogP contribution in [0.5, 0.6) is 0 Å². The van der Waals surface area contributed by atoms with Crippen LogP contribution in [0.3, 0.4) is 0 Å². The molecular formula is C22H32N4O4. The number of pyridine rings is 1. The van der Waals surface area contributed by atoms with Crippen LogP contribution in [0.1, 0.15) is 60.8 Å². The second-order valence-corrected chi connectivity index (χ2v) is 9.58. The molecule has 0 bridgehead atoms. The molecule has 1 atom stereocenters. The van der Waals surface area contributed by atoms with Crippen LogP contribution in [-0.4, -0.2) is 50.4 Å². The largest absolute Gasteiger partial charge is 0.444 e. The van der Waals surface area contributed by atoms with E-state index in [4.69, 9.17) is 9.47 Å². The van der Waals surface area contributed by atoms with Crippen molar-refractivity contribution in [2.45, 2.75) is 78.2 Å². The first-order valence-electron chi connectivity index (χ1n) is 10.4. The van der Waals surface area contributed by atoms with Crippen molar-refractivity contribution < 1.29 is 19.1 Å². The summed E-state index contributed by atoms with van der Waals surface area (Å²) in [5, 5.41) is 0. The van der Waals surface area contributed by atoms with Crippen molar-refractivity contribution in [3.8, 4) is 0 Å². The topological polar surface area (TPSA) is 76.4 Å². The third kappa shape index (κ3) is 5.23. The van der Waals surface area contributed by atoms with Gasteiger partial charge in [0.25, 0.3) is 0 Å². The van der Waals surface area contributed by atoms with Gasteiger partial charge in [-0.25, -0.2) is 14.6 Å². The van der Waals surface area contributed by atoms with Crippen LogP contribution in [0.2, 0.25) is 0 Å². The Kier molecular flexibility index (Phi) is 5.97. The van der Waals surface area contributed by atoms with Crippen LogP contribution in [0.25, 0.3) is 5.65 Å². The molecule has 0 aliphatic carbocycles. The number of imidazole rings is 1. The monoisotopic (exact) mass is 416 g/mol. The predicted molar refractivity (Wildman–Crippen MR) is 114 cm³/mol. The minimum Gasteiger partial charge on any atom is -0.444 e. The van der Waals surface area contributed by atoms with Crippen molar-refractivity contribution in [2.24, 2.45) is 0 Å². The van der Waals surface area contributed by atoms with Crippen molar-refractivity contribution in [3.05, 3.63) is 30.7 Å². The number of hydrogen-bond acceptors (Lipinski definition) is 5. The average molecular weight is 417 g/mol. The van der Waals surface area contributed by atoms with Crippen LogP contribution < -0.4 is 4.90 Å². The van der Waals surface area contributed by atoms with E-state index in [9.17, 15) is 9.59 Å². The number of amides is 2. The Hall–Kier alpha value is -2.77. The van der Waals surface area contributed by atoms with Gasteiger partial charge in [0.1, 0.15) is 23.0 Å². The lowest BCUT2D eigenvalue weighted by Crippen LogP contribution is -2.57. The molecule has 0 radical (unpaired) electrons. The molecule has 3 heterocycles. The summed E-state index contributed by atoms with van der Waals surface area (Å²) in [5.41, 5.74) is 0.122. The Morgan fingerprint density at radius 3 is 2.43 bits per heavy atom. The molecule has 1 fully saturated rings. The molecule has 8 heteroatoms. The summed E-state index contributed by atoms with van der Waals surface area (Å²) in [6.45, 7) is 11.5. The molecule has 0 saturated carbocycles. The molecule has 0 aromatic carbocycles. The normalized spacial score (nSPS) is 17.7. The molecule has 0 N–H and O–H groups in total. The summed E-state index contributed by atoms with van der Waals surface area (Å²) in [7, 11) is 0. The molecule has 1 aliphatic rings. The summed E-state index contributed by atoms with van der Waals surface area (Å²) < 4.78 is 13.2. The van der Waals surface area contributed by atoms with Crippen LogP contribution in [-0.2, 0) is 9.47 Å². The molecular weight excluding hydrogens is 384 g/mol. The van der Waals surface area contributed by atoms with Crippen molar-refractivity contribution in [3.63, 3.8) is 0 Å². The molecule has 30 heavy (non-hydrogen) atoms. The highest BCUT2D eigenvalue weighted by atomic mass is 16.6. The first-order chi connectivity index (χ1) is 13.9. The fraction of sp³-hybridized carbons (Fsp3) is 0.591. The third-order valence-electron chi connectivity index (χ3n) is 4.64. The van der Waals surface area contributed by atoms with Gasteiger partial charge >= 0.3 is 12.2 Å². The fourth-order valence-corrected chi connectivity index (χ4v) is 3.48. The quantitative estimate of drug-likeness (QED) is 0.701. The first kappa shape index (κ1) is 21.9. The molecule has 2 aromatic heterocycles. The van der Waals surface area contributed by atoms with E-state index >= 15 is 0 Å². The second kappa shape index (κ2) is 8.16. The van der Waals surface area contributed by atoms with Crippen molar-refractivity contribution in [1.82, 2.24) is 14.3 Å². The smallest absolute Gasteiger partial charge is 0.416 e. The number of likely N-dealkylation sites (tertiary alicyclic amines) is 1. The summed E-state index contributed by atoms with van der Waals surface area (Å²) in [4.78, 5) is 33.7. The number of hydrogen-bond donors (Lipinski definition) is 0. The number of ether oxygens (including phenoxy) is 2. The number of fused-ring (bicyclic) bond motifs is 1. The lowest BCUT2D eigenvalue weighted by molar-refractivity contribution is 0.00695. The van der Waals surface area contributed by atoms with Gasteiger partial charge in [0, 0.05) is 25.1 Å². The van der Waals surface area contributed by atoms with E-state index in [1.165, 1.54) is 0 Å². The van der Waals surface area contributed by atoms with Gasteiger partial charge in [-0.2, -0.15) is 0 Å². The zero-order chi connectivity index (χ0) is 22.1. The van der Waals surface area contributed by atoms with E-state index in [0.29, 0.717) is 18.7 Å². The first-order valence-corrected chi connectivity index (χ1v) is 10.4. The van der Waals surface area contributed by atoms with Crippen LogP contribution in [0.4, 0.5) is 15.3 Å². The number of anilines is 1. The van der Waals surface area contributed by atoms with Gasteiger partial charge < -0.3 is 13.9 Å². The predicted octanol–water partition coefficient (Wildman–Crippen LogP) is 4.82. The van der Waals surface area contributed by atoms with Crippen LogP contribution in [0.15, 0.2) is 30.7 Å². The fourth-order valence-electron chi connectivity index (χ4n) is 3.48. The van der Waals surface area contributed by atoms with Crippen LogP contribution in [0, 0.1) is 0 Å². The van der Waals surface area contributed by atoms with Gasteiger partial charge in [0.15, 0.2) is 0 Å². The highest BCUT2D eigenvalue weighted by molar-refractivity contribution is 5.89. The Labute approximate surface area is 177 Å². The van der Waals surface area contributed by atoms with E-state index in [1.807, 2.05) is 70.5 Å². The molecule has 2 aromatic rings. The van der Waals surface area contributed by atoms with E-state index in [-0.39, 0.29) is 0 Å². The van der Waals surface area contributed by atoms with Crippen LogP contribution >= 0.6 is 0 Å². The SMILES string of the molecule is CC(C)(C)OC(=O)N1CCCCC1N(C(=O)OC(C)(C)C)c1ccc2nccn2c1. The molecule has 1 saturated heterocycles. The lowest BCUT2D eigenvalue weighted by atomic mass is 10.1. The van der Waals surface area contributed by atoms with Crippen molar-refractivity contribution >= 4 is 23.5 Å². The summed E-state index contributed by atoms with van der Waals surface area (Å²) in [6.07, 6.45) is 6.32. The Morgan fingerprint density at radius 2 is 1.77 bits per heavy atom. The molecule has 8 nitrogen and oxygen atoms in total. The van der Waals surface area contributed by atoms with Gasteiger partial charge in [0.05, 0.1) is 5.69 Å². The van der Waals surface area contributed by atoms with E-state index in [1.54, 1.807) is 16.0 Å². The second-order valence-electron chi connectivity index (χ2n) is 9.58. The Morgan fingerprint density at radius 1 is 1.07 bits per heavy atom. The zero-order valence-electron chi connectivity index (χ0n) is 18.7. The zero-order valence-corrected chi connectivity index (χ0v) is 18.7. The third-order valence-corrected chi connectivity index (χ3v) is 4.64. The number of piperidine rings is 1. The summed E-state index contributed by atoms with van der Waals surface area (Å²) in [5.74, 6) is 0. The Bertz CT molecular complexity index is 910. The minimum absolute atomic E-state index is 0.426. The van der Waals surface area contributed by atoms with Gasteiger partial charge in [-0.15, -0.1) is 0 Å². The van der Waals surface area contributed by atoms with Gasteiger partial charge in [0.2, 0.25) is 0 Å². The lowest BCUT2D eigenvalue weighted by Gasteiger charge is -2.42. The highest BCUT2D eigenvalue weighted by Crippen LogP contribution is 2.29. The summed E-state index contributed by atoms with van der Waals surface area (Å²) in [6, 6.07) is 3.67.